The third-order valence-corrected chi connectivity index (χ3v) is 8.44. The molecule has 0 unspecified atom stereocenters. The molecule has 8 nitrogen and oxygen atoms in total. The molecule has 0 spiro atoms. The predicted molar refractivity (Wildman–Crippen MR) is 139 cm³/mol. The molecule has 3 aromatic rings. The van der Waals surface area contributed by atoms with Crippen LogP contribution in [0.2, 0.25) is 25.7 Å². The topological polar surface area (TPSA) is 85.5 Å². The van der Waals surface area contributed by atoms with E-state index in [0.29, 0.717) is 38.1 Å². The van der Waals surface area contributed by atoms with E-state index in [9.17, 15) is 26.7 Å². The molecule has 0 atom stereocenters. The van der Waals surface area contributed by atoms with E-state index in [-0.39, 0.29) is 30.0 Å². The summed E-state index contributed by atoms with van der Waals surface area (Å²) in [5.41, 5.74) is -1.42. The van der Waals surface area contributed by atoms with Crippen molar-refractivity contribution in [1.29, 1.82) is 0 Å². The third kappa shape index (κ3) is 7.35. The highest BCUT2D eigenvalue weighted by atomic mass is 28.3. The zero-order valence-electron chi connectivity index (χ0n) is 22.1. The number of amides is 1. The van der Waals surface area contributed by atoms with Gasteiger partial charge >= 0.3 is 6.18 Å². The van der Waals surface area contributed by atoms with E-state index >= 15 is 0 Å². The molecule has 214 valence electrons. The lowest BCUT2D eigenvalue weighted by molar-refractivity contribution is -0.140. The number of alkyl halides is 5. The Morgan fingerprint density at radius 2 is 1.85 bits per heavy atom. The van der Waals surface area contributed by atoms with Gasteiger partial charge in [-0.15, -0.1) is 0 Å². The molecule has 0 bridgehead atoms. The van der Waals surface area contributed by atoms with Crippen LogP contribution in [-0.2, 0) is 17.6 Å². The number of hydrogen-bond acceptors (Lipinski definition) is 5. The number of imidazole rings is 1. The molecular weight excluding hydrogens is 539 g/mol. The third-order valence-electron chi connectivity index (χ3n) is 6.74. The number of halogens is 5. The van der Waals surface area contributed by atoms with Crippen LogP contribution in [0.4, 0.5) is 27.8 Å². The Bertz CT molecular complexity index is 1280. The maximum atomic E-state index is 13.8. The SMILES string of the molecule is C[Si](C)(C)CCOCn1ncc(C(=O)N[C@H]2CC[C@@H](Nc3cccc4nc(C(F)(F)F)cn34)CC2)c1C(F)F. The Labute approximate surface area is 223 Å². The predicted octanol–water partition coefficient (Wildman–Crippen LogP) is 5.95. The van der Waals surface area contributed by atoms with Gasteiger partial charge in [0.25, 0.3) is 12.3 Å². The van der Waals surface area contributed by atoms with E-state index in [1.54, 1.807) is 12.1 Å². The first kappa shape index (κ1) is 29.0. The van der Waals surface area contributed by atoms with Gasteiger partial charge in [0.15, 0.2) is 5.69 Å². The number of nitrogens with zero attached hydrogens (tertiary/aromatic N) is 4. The number of carbonyl (C=O) groups excluding carboxylic acids is 1. The molecule has 3 heterocycles. The molecule has 0 aliphatic heterocycles. The first-order valence-electron chi connectivity index (χ1n) is 12.9. The van der Waals surface area contributed by atoms with Gasteiger partial charge in [-0.1, -0.05) is 25.7 Å². The van der Waals surface area contributed by atoms with Crippen LogP contribution in [0.3, 0.4) is 0 Å². The molecule has 0 saturated heterocycles. The molecule has 1 aliphatic rings. The summed E-state index contributed by atoms with van der Waals surface area (Å²) in [6.45, 7) is 6.86. The van der Waals surface area contributed by atoms with E-state index in [2.05, 4.69) is 40.4 Å². The molecule has 0 aromatic carbocycles. The number of anilines is 1. The second-order valence-corrected chi connectivity index (χ2v) is 16.6. The lowest BCUT2D eigenvalue weighted by atomic mass is 9.91. The fraction of sp³-hybridized carbons (Fsp3) is 0.560. The highest BCUT2D eigenvalue weighted by Crippen LogP contribution is 2.30. The quantitative estimate of drug-likeness (QED) is 0.178. The van der Waals surface area contributed by atoms with E-state index in [1.165, 1.54) is 10.5 Å². The monoisotopic (exact) mass is 572 g/mol. The van der Waals surface area contributed by atoms with Gasteiger partial charge in [-0.2, -0.15) is 18.3 Å². The lowest BCUT2D eigenvalue weighted by Crippen LogP contribution is -2.40. The van der Waals surface area contributed by atoms with E-state index in [1.807, 2.05) is 0 Å². The molecule has 1 saturated carbocycles. The Morgan fingerprint density at radius 3 is 2.49 bits per heavy atom. The van der Waals surface area contributed by atoms with E-state index in [0.717, 1.165) is 23.1 Å². The van der Waals surface area contributed by atoms with E-state index in [4.69, 9.17) is 4.74 Å². The average molecular weight is 573 g/mol. The zero-order chi connectivity index (χ0) is 28.4. The van der Waals surface area contributed by atoms with Crippen molar-refractivity contribution in [2.24, 2.45) is 0 Å². The second-order valence-electron chi connectivity index (χ2n) is 11.0. The van der Waals surface area contributed by atoms with Crippen LogP contribution in [0.1, 0.15) is 53.9 Å². The van der Waals surface area contributed by atoms with Crippen molar-refractivity contribution < 1.29 is 31.5 Å². The van der Waals surface area contributed by atoms with Crippen LogP contribution in [0.15, 0.2) is 30.6 Å². The molecule has 1 amide bonds. The van der Waals surface area contributed by atoms with Gasteiger partial charge in [0.2, 0.25) is 0 Å². The Kier molecular flexibility index (Phi) is 8.64. The molecule has 2 N–H and O–H groups in total. The van der Waals surface area contributed by atoms with Gasteiger partial charge in [-0.05, 0) is 43.9 Å². The van der Waals surface area contributed by atoms with Crippen molar-refractivity contribution in [2.75, 3.05) is 11.9 Å². The van der Waals surface area contributed by atoms with Crippen molar-refractivity contribution in [1.82, 2.24) is 24.5 Å². The summed E-state index contributed by atoms with van der Waals surface area (Å²) < 4.78 is 74.8. The summed E-state index contributed by atoms with van der Waals surface area (Å²) in [6, 6.07) is 5.44. The summed E-state index contributed by atoms with van der Waals surface area (Å²) in [5, 5.41) is 10.1. The summed E-state index contributed by atoms with van der Waals surface area (Å²) in [7, 11) is -1.33. The fourth-order valence-corrected chi connectivity index (χ4v) is 5.31. The van der Waals surface area contributed by atoms with Gasteiger partial charge in [0.05, 0.1) is 11.8 Å². The standard InChI is InChI=1S/C25H33F5N6O2Si/c1-39(2,3)12-11-38-15-36-22(23(26)27)18(13-31-36)24(37)33-17-9-7-16(8-10-17)32-20-5-4-6-21-34-19(14-35(20)21)25(28,29)30/h4-6,13-14,16-17,23,32H,7-12,15H2,1-3H3,(H,33,37)/t16-,17+. The molecular formula is C25H33F5N6O2Si. The van der Waals surface area contributed by atoms with Crippen LogP contribution in [0.5, 0.6) is 0 Å². The van der Waals surface area contributed by atoms with Crippen molar-refractivity contribution in [2.45, 2.75) is 82.8 Å². The second kappa shape index (κ2) is 11.6. The van der Waals surface area contributed by atoms with Gasteiger partial charge in [0.1, 0.15) is 23.9 Å². The highest BCUT2D eigenvalue weighted by molar-refractivity contribution is 6.76. The van der Waals surface area contributed by atoms with Gasteiger partial charge in [-0.25, -0.2) is 18.4 Å². The van der Waals surface area contributed by atoms with Crippen LogP contribution in [0, 0.1) is 0 Å². The number of fused-ring (bicyclic) bond motifs is 1. The number of pyridine rings is 1. The molecule has 14 heteroatoms. The van der Waals surface area contributed by atoms with Gasteiger partial charge in [-0.3, -0.25) is 9.20 Å². The Balaban J connectivity index is 1.33. The smallest absolute Gasteiger partial charge is 0.368 e. The number of hydrogen-bond donors (Lipinski definition) is 2. The minimum atomic E-state index is -4.54. The van der Waals surface area contributed by atoms with E-state index < -0.39 is 38.0 Å². The number of aromatic nitrogens is 4. The molecule has 0 radical (unpaired) electrons. The number of carbonyl (C=O) groups is 1. The zero-order valence-corrected chi connectivity index (χ0v) is 23.1. The van der Waals surface area contributed by atoms with Crippen molar-refractivity contribution in [3.8, 4) is 0 Å². The largest absolute Gasteiger partial charge is 0.434 e. The van der Waals surface area contributed by atoms with Gasteiger partial charge < -0.3 is 15.4 Å². The number of rotatable bonds is 10. The number of ether oxygens (including phenoxy) is 1. The first-order chi connectivity index (χ1) is 18.3. The summed E-state index contributed by atoms with van der Waals surface area (Å²) in [5.74, 6) is -0.123. The maximum absolute atomic E-state index is 13.8. The van der Waals surface area contributed by atoms with Crippen LogP contribution >= 0.6 is 0 Å². The number of nitrogens with one attached hydrogen (secondary N) is 2. The van der Waals surface area contributed by atoms with Crippen LogP contribution in [0.25, 0.3) is 5.65 Å². The van der Waals surface area contributed by atoms with Crippen molar-refractivity contribution >= 4 is 25.4 Å². The highest BCUT2D eigenvalue weighted by Gasteiger charge is 2.34. The minimum Gasteiger partial charge on any atom is -0.368 e. The van der Waals surface area contributed by atoms with Gasteiger partial charge in [0, 0.05) is 33.0 Å². The Morgan fingerprint density at radius 1 is 1.15 bits per heavy atom. The first-order valence-corrected chi connectivity index (χ1v) is 16.6. The Hall–Kier alpha value is -3.00. The molecule has 4 rings (SSSR count). The van der Waals surface area contributed by atoms with Crippen molar-refractivity contribution in [3.63, 3.8) is 0 Å². The molecule has 1 aliphatic carbocycles. The summed E-state index contributed by atoms with van der Waals surface area (Å²) >= 11 is 0. The molecule has 1 fully saturated rings. The molecule has 3 aromatic heterocycles. The minimum absolute atomic E-state index is 0.0341. The summed E-state index contributed by atoms with van der Waals surface area (Å²) in [6.07, 6.45) is -2.90. The van der Waals surface area contributed by atoms with Crippen LogP contribution < -0.4 is 10.6 Å². The average Bonchev–Trinajstić information content (AvgIpc) is 3.48. The molecule has 39 heavy (non-hydrogen) atoms. The normalized spacial score (nSPS) is 18.6. The lowest BCUT2D eigenvalue weighted by Gasteiger charge is -2.30. The van der Waals surface area contributed by atoms with Crippen LogP contribution in [-0.4, -0.2) is 51.8 Å². The maximum Gasteiger partial charge on any atom is 0.434 e. The fourth-order valence-electron chi connectivity index (χ4n) is 4.55. The summed E-state index contributed by atoms with van der Waals surface area (Å²) in [4.78, 5) is 16.5. The van der Waals surface area contributed by atoms with Crippen molar-refractivity contribution in [3.05, 3.63) is 47.5 Å².